The predicted molar refractivity (Wildman–Crippen MR) is 89.7 cm³/mol. The van der Waals surface area contributed by atoms with Gasteiger partial charge in [0.05, 0.1) is 5.69 Å². The van der Waals surface area contributed by atoms with Gasteiger partial charge in [-0.3, -0.25) is 0 Å². The van der Waals surface area contributed by atoms with Crippen molar-refractivity contribution in [1.82, 2.24) is 14.9 Å². The van der Waals surface area contributed by atoms with E-state index in [2.05, 4.69) is 11.9 Å². The molecule has 23 heavy (non-hydrogen) atoms. The minimum Gasteiger partial charge on any atom is -0.444 e. The van der Waals surface area contributed by atoms with Crippen LogP contribution in [0.1, 0.15) is 82.4 Å². The quantitative estimate of drug-likeness (QED) is 0.897. The molecule has 1 aromatic rings. The predicted octanol–water partition coefficient (Wildman–Crippen LogP) is 3.96. The summed E-state index contributed by atoms with van der Waals surface area (Å²) in [5, 5.41) is 0. The van der Waals surface area contributed by atoms with E-state index < -0.39 is 5.60 Å². The lowest BCUT2D eigenvalue weighted by Gasteiger charge is -2.32. The van der Waals surface area contributed by atoms with E-state index in [-0.39, 0.29) is 6.09 Å². The SMILES string of the molecule is CCC1CCc2[nH]c(C3CCN(C(=O)OC(C)(C)C)CC3)nc21. The Kier molecular flexibility index (Phi) is 4.39. The number of fused-ring (bicyclic) bond motifs is 1. The van der Waals surface area contributed by atoms with E-state index in [9.17, 15) is 4.79 Å². The third-order valence-electron chi connectivity index (χ3n) is 4.98. The Hall–Kier alpha value is -1.52. The fourth-order valence-corrected chi connectivity index (χ4v) is 3.68. The average molecular weight is 319 g/mol. The summed E-state index contributed by atoms with van der Waals surface area (Å²) in [7, 11) is 0. The number of aryl methyl sites for hydroxylation is 1. The summed E-state index contributed by atoms with van der Waals surface area (Å²) in [6.07, 6.45) is 5.28. The van der Waals surface area contributed by atoms with Crippen molar-refractivity contribution in [3.8, 4) is 0 Å². The van der Waals surface area contributed by atoms with Gasteiger partial charge in [-0.1, -0.05) is 6.92 Å². The number of aromatic nitrogens is 2. The number of imidazole rings is 1. The van der Waals surface area contributed by atoms with E-state index in [4.69, 9.17) is 9.72 Å². The van der Waals surface area contributed by atoms with Gasteiger partial charge < -0.3 is 14.6 Å². The van der Waals surface area contributed by atoms with Crippen LogP contribution in [0.15, 0.2) is 0 Å². The number of nitrogens with one attached hydrogen (secondary N) is 1. The zero-order valence-corrected chi connectivity index (χ0v) is 14.8. The van der Waals surface area contributed by atoms with Gasteiger partial charge in [-0.15, -0.1) is 0 Å². The fraction of sp³-hybridized carbons (Fsp3) is 0.778. The van der Waals surface area contributed by atoms with Gasteiger partial charge in [-0.05, 0) is 52.9 Å². The van der Waals surface area contributed by atoms with E-state index in [1.807, 2.05) is 25.7 Å². The normalized spacial score (nSPS) is 22.3. The number of hydrogen-bond acceptors (Lipinski definition) is 3. The summed E-state index contributed by atoms with van der Waals surface area (Å²) >= 11 is 0. The second-order valence-electron chi connectivity index (χ2n) is 7.87. The lowest BCUT2D eigenvalue weighted by atomic mass is 9.96. The highest BCUT2D eigenvalue weighted by atomic mass is 16.6. The number of hydrogen-bond donors (Lipinski definition) is 1. The summed E-state index contributed by atoms with van der Waals surface area (Å²) in [4.78, 5) is 22.4. The zero-order chi connectivity index (χ0) is 16.6. The van der Waals surface area contributed by atoms with Gasteiger partial charge in [0.15, 0.2) is 0 Å². The van der Waals surface area contributed by atoms with Gasteiger partial charge in [0, 0.05) is 30.6 Å². The molecule has 1 aliphatic carbocycles. The molecular formula is C18H29N3O2. The summed E-state index contributed by atoms with van der Waals surface area (Å²) in [6, 6.07) is 0. The number of nitrogens with zero attached hydrogens (tertiary/aromatic N) is 2. The Morgan fingerprint density at radius 3 is 2.61 bits per heavy atom. The van der Waals surface area contributed by atoms with Crippen LogP contribution < -0.4 is 0 Å². The molecule has 5 nitrogen and oxygen atoms in total. The smallest absolute Gasteiger partial charge is 0.410 e. The maximum absolute atomic E-state index is 12.1. The van der Waals surface area contributed by atoms with Crippen molar-refractivity contribution < 1.29 is 9.53 Å². The fourth-order valence-electron chi connectivity index (χ4n) is 3.68. The van der Waals surface area contributed by atoms with Crippen molar-refractivity contribution in [2.75, 3.05) is 13.1 Å². The van der Waals surface area contributed by atoms with E-state index in [1.165, 1.54) is 24.2 Å². The minimum absolute atomic E-state index is 0.191. The second-order valence-corrected chi connectivity index (χ2v) is 7.87. The third-order valence-corrected chi connectivity index (χ3v) is 4.98. The molecule has 0 aromatic carbocycles. The topological polar surface area (TPSA) is 58.2 Å². The molecule has 1 N–H and O–H groups in total. The standard InChI is InChI=1S/C18H29N3O2/c1-5-12-6-7-14-15(12)20-16(19-14)13-8-10-21(11-9-13)17(22)23-18(2,3)4/h12-13H,5-11H2,1-4H3,(H,19,20). The first kappa shape index (κ1) is 16.3. The lowest BCUT2D eigenvalue weighted by molar-refractivity contribution is 0.0203. The maximum Gasteiger partial charge on any atom is 0.410 e. The van der Waals surface area contributed by atoms with Crippen molar-refractivity contribution in [2.45, 2.75) is 77.2 Å². The van der Waals surface area contributed by atoms with Crippen molar-refractivity contribution in [3.63, 3.8) is 0 Å². The van der Waals surface area contributed by atoms with E-state index in [1.54, 1.807) is 0 Å². The largest absolute Gasteiger partial charge is 0.444 e. The number of likely N-dealkylation sites (tertiary alicyclic amines) is 1. The summed E-state index contributed by atoms with van der Waals surface area (Å²) in [5.41, 5.74) is 2.23. The summed E-state index contributed by atoms with van der Waals surface area (Å²) in [5.74, 6) is 2.21. The molecule has 5 heteroatoms. The number of H-pyrrole nitrogens is 1. The second kappa shape index (κ2) is 6.17. The molecule has 1 aliphatic heterocycles. The zero-order valence-electron chi connectivity index (χ0n) is 14.8. The Labute approximate surface area is 138 Å². The van der Waals surface area contributed by atoms with Crippen molar-refractivity contribution in [1.29, 1.82) is 0 Å². The number of carbonyl (C=O) groups is 1. The molecule has 0 spiro atoms. The van der Waals surface area contributed by atoms with Gasteiger partial charge in [0.1, 0.15) is 11.4 Å². The van der Waals surface area contributed by atoms with Gasteiger partial charge in [0.2, 0.25) is 0 Å². The first-order chi connectivity index (χ1) is 10.9. The Morgan fingerprint density at radius 2 is 2.00 bits per heavy atom. The highest BCUT2D eigenvalue weighted by molar-refractivity contribution is 5.68. The van der Waals surface area contributed by atoms with Crippen LogP contribution in [0, 0.1) is 0 Å². The van der Waals surface area contributed by atoms with Crippen molar-refractivity contribution in [3.05, 3.63) is 17.2 Å². The van der Waals surface area contributed by atoms with Gasteiger partial charge in [-0.25, -0.2) is 9.78 Å². The third kappa shape index (κ3) is 3.54. The highest BCUT2D eigenvalue weighted by Gasteiger charge is 2.31. The summed E-state index contributed by atoms with van der Waals surface area (Å²) in [6.45, 7) is 9.47. The Morgan fingerprint density at radius 1 is 1.30 bits per heavy atom. The molecule has 2 aliphatic rings. The Balaban J connectivity index is 1.58. The van der Waals surface area contributed by atoms with Crippen molar-refractivity contribution in [2.24, 2.45) is 0 Å². The number of piperidine rings is 1. The van der Waals surface area contributed by atoms with Crippen LogP contribution in [-0.4, -0.2) is 39.7 Å². The molecule has 1 fully saturated rings. The molecule has 1 aromatic heterocycles. The molecule has 1 unspecified atom stereocenters. The van der Waals surface area contributed by atoms with Crippen LogP contribution in [0.5, 0.6) is 0 Å². The summed E-state index contributed by atoms with van der Waals surface area (Å²) < 4.78 is 5.46. The molecule has 1 amide bonds. The number of rotatable bonds is 2. The van der Waals surface area contributed by atoms with Gasteiger partial charge in [-0.2, -0.15) is 0 Å². The van der Waals surface area contributed by atoms with Crippen LogP contribution in [0.3, 0.4) is 0 Å². The van der Waals surface area contributed by atoms with Crippen LogP contribution >= 0.6 is 0 Å². The molecule has 2 heterocycles. The van der Waals surface area contributed by atoms with Gasteiger partial charge in [0.25, 0.3) is 0 Å². The van der Waals surface area contributed by atoms with E-state index >= 15 is 0 Å². The van der Waals surface area contributed by atoms with Crippen LogP contribution in [0.25, 0.3) is 0 Å². The minimum atomic E-state index is -0.426. The van der Waals surface area contributed by atoms with E-state index in [0.29, 0.717) is 11.8 Å². The molecule has 1 saturated heterocycles. The van der Waals surface area contributed by atoms with Crippen molar-refractivity contribution >= 4 is 6.09 Å². The first-order valence-electron chi connectivity index (χ1n) is 8.94. The maximum atomic E-state index is 12.1. The number of aromatic amines is 1. The van der Waals surface area contributed by atoms with Crippen LogP contribution in [0.2, 0.25) is 0 Å². The number of carbonyl (C=O) groups excluding carboxylic acids is 1. The number of ether oxygens (including phenoxy) is 1. The molecule has 0 radical (unpaired) electrons. The Bertz CT molecular complexity index is 565. The van der Waals surface area contributed by atoms with E-state index in [0.717, 1.165) is 38.2 Å². The molecule has 0 saturated carbocycles. The molecular weight excluding hydrogens is 290 g/mol. The van der Waals surface area contributed by atoms with Crippen LogP contribution in [-0.2, 0) is 11.2 Å². The average Bonchev–Trinajstić information content (AvgIpc) is 3.05. The lowest BCUT2D eigenvalue weighted by Crippen LogP contribution is -2.41. The van der Waals surface area contributed by atoms with Gasteiger partial charge >= 0.3 is 6.09 Å². The first-order valence-corrected chi connectivity index (χ1v) is 8.94. The number of amides is 1. The molecule has 3 rings (SSSR count). The monoisotopic (exact) mass is 319 g/mol. The highest BCUT2D eigenvalue weighted by Crippen LogP contribution is 2.36. The van der Waals surface area contributed by atoms with Crippen LogP contribution in [0.4, 0.5) is 4.79 Å². The molecule has 0 bridgehead atoms. The molecule has 1 atom stereocenters. The molecule has 128 valence electrons.